The minimum atomic E-state index is 0.594. The van der Waals surface area contributed by atoms with Crippen LogP contribution in [0.15, 0.2) is 35.9 Å². The molecule has 1 N–H and O–H groups in total. The Hall–Kier alpha value is -1.08. The van der Waals surface area contributed by atoms with Gasteiger partial charge in [-0.05, 0) is 64.0 Å². The Morgan fingerprint density at radius 3 is 2.60 bits per heavy atom. The Bertz CT molecular complexity index is 416. The van der Waals surface area contributed by atoms with Crippen LogP contribution in [0.2, 0.25) is 0 Å². The standard InChI is InChI=1S/C19H29N/c1-3-15-20-19(18-7-5-4-6-8-18)14-13-17-11-9-16(2)10-12-17/h7,9-12,19-20H,3-6,8,13-15H2,1-2H3. The van der Waals surface area contributed by atoms with Crippen LogP contribution in [0.4, 0.5) is 0 Å². The number of rotatable bonds is 7. The number of hydrogen-bond donors (Lipinski definition) is 1. The van der Waals surface area contributed by atoms with Gasteiger partial charge in [-0.15, -0.1) is 0 Å². The number of hydrogen-bond acceptors (Lipinski definition) is 1. The summed E-state index contributed by atoms with van der Waals surface area (Å²) in [5.41, 5.74) is 4.48. The molecule has 1 aromatic carbocycles. The molecule has 0 bridgehead atoms. The molecule has 1 unspecified atom stereocenters. The van der Waals surface area contributed by atoms with Crippen molar-refractivity contribution in [3.05, 3.63) is 47.0 Å². The monoisotopic (exact) mass is 271 g/mol. The fourth-order valence-corrected chi connectivity index (χ4v) is 2.98. The molecule has 0 saturated carbocycles. The minimum absolute atomic E-state index is 0.594. The van der Waals surface area contributed by atoms with Gasteiger partial charge in [0.25, 0.3) is 0 Å². The van der Waals surface area contributed by atoms with E-state index in [-0.39, 0.29) is 0 Å². The van der Waals surface area contributed by atoms with Crippen LogP contribution in [-0.2, 0) is 6.42 Å². The fourth-order valence-electron chi connectivity index (χ4n) is 2.98. The first-order valence-electron chi connectivity index (χ1n) is 8.27. The van der Waals surface area contributed by atoms with Crippen LogP contribution in [-0.4, -0.2) is 12.6 Å². The molecule has 0 amide bonds. The number of benzene rings is 1. The lowest BCUT2D eigenvalue weighted by molar-refractivity contribution is 0.502. The molecule has 1 aliphatic carbocycles. The van der Waals surface area contributed by atoms with Gasteiger partial charge < -0.3 is 5.32 Å². The van der Waals surface area contributed by atoms with Crippen LogP contribution in [0.25, 0.3) is 0 Å². The van der Waals surface area contributed by atoms with Gasteiger partial charge in [0, 0.05) is 6.04 Å². The molecule has 0 heterocycles. The molecule has 20 heavy (non-hydrogen) atoms. The summed E-state index contributed by atoms with van der Waals surface area (Å²) in [5.74, 6) is 0. The molecule has 0 fully saturated rings. The second kappa shape index (κ2) is 8.26. The van der Waals surface area contributed by atoms with Crippen molar-refractivity contribution >= 4 is 0 Å². The summed E-state index contributed by atoms with van der Waals surface area (Å²) >= 11 is 0. The van der Waals surface area contributed by atoms with E-state index in [1.54, 1.807) is 5.57 Å². The van der Waals surface area contributed by atoms with Gasteiger partial charge in [0.15, 0.2) is 0 Å². The highest BCUT2D eigenvalue weighted by atomic mass is 14.9. The van der Waals surface area contributed by atoms with E-state index in [2.05, 4.69) is 49.5 Å². The molecule has 110 valence electrons. The van der Waals surface area contributed by atoms with Crippen molar-refractivity contribution < 1.29 is 0 Å². The van der Waals surface area contributed by atoms with Gasteiger partial charge >= 0.3 is 0 Å². The third-order valence-corrected chi connectivity index (χ3v) is 4.26. The van der Waals surface area contributed by atoms with Crippen molar-refractivity contribution in [3.63, 3.8) is 0 Å². The minimum Gasteiger partial charge on any atom is -0.310 e. The first-order chi connectivity index (χ1) is 9.79. The molecule has 2 rings (SSSR count). The second-order valence-corrected chi connectivity index (χ2v) is 6.06. The van der Waals surface area contributed by atoms with Crippen LogP contribution in [0, 0.1) is 6.92 Å². The van der Waals surface area contributed by atoms with E-state index in [1.807, 2.05) is 0 Å². The van der Waals surface area contributed by atoms with Gasteiger partial charge in [-0.25, -0.2) is 0 Å². The first kappa shape index (κ1) is 15.3. The van der Waals surface area contributed by atoms with E-state index in [0.717, 1.165) is 6.54 Å². The predicted molar refractivity (Wildman–Crippen MR) is 88.1 cm³/mol. The summed E-state index contributed by atoms with van der Waals surface area (Å²) in [6.07, 6.45) is 11.5. The maximum absolute atomic E-state index is 3.75. The van der Waals surface area contributed by atoms with Crippen LogP contribution in [0.5, 0.6) is 0 Å². The molecular weight excluding hydrogens is 242 g/mol. The Kier molecular flexibility index (Phi) is 6.32. The van der Waals surface area contributed by atoms with E-state index in [4.69, 9.17) is 0 Å². The van der Waals surface area contributed by atoms with E-state index in [1.165, 1.54) is 56.1 Å². The van der Waals surface area contributed by atoms with Crippen LogP contribution in [0.3, 0.4) is 0 Å². The van der Waals surface area contributed by atoms with E-state index in [9.17, 15) is 0 Å². The normalized spacial score (nSPS) is 16.8. The first-order valence-corrected chi connectivity index (χ1v) is 8.27. The van der Waals surface area contributed by atoms with Gasteiger partial charge in [0.05, 0.1) is 0 Å². The molecule has 1 aliphatic rings. The molecule has 0 saturated heterocycles. The van der Waals surface area contributed by atoms with Crippen LogP contribution >= 0.6 is 0 Å². The van der Waals surface area contributed by atoms with Crippen molar-refractivity contribution in [1.29, 1.82) is 0 Å². The molecule has 0 aliphatic heterocycles. The summed E-state index contributed by atoms with van der Waals surface area (Å²) in [4.78, 5) is 0. The summed E-state index contributed by atoms with van der Waals surface area (Å²) in [7, 11) is 0. The summed E-state index contributed by atoms with van der Waals surface area (Å²) < 4.78 is 0. The van der Waals surface area contributed by atoms with Crippen molar-refractivity contribution in [1.82, 2.24) is 5.32 Å². The maximum atomic E-state index is 3.75. The van der Waals surface area contributed by atoms with E-state index < -0.39 is 0 Å². The molecular formula is C19H29N. The largest absolute Gasteiger partial charge is 0.310 e. The Labute approximate surface area is 124 Å². The molecule has 1 aromatic rings. The SMILES string of the molecule is CCCNC(CCc1ccc(C)cc1)C1=CCCCC1. The van der Waals surface area contributed by atoms with Crippen LogP contribution in [0.1, 0.15) is 56.6 Å². The molecule has 0 radical (unpaired) electrons. The van der Waals surface area contributed by atoms with Crippen molar-refractivity contribution in [2.24, 2.45) is 0 Å². The Balaban J connectivity index is 1.92. The van der Waals surface area contributed by atoms with E-state index >= 15 is 0 Å². The summed E-state index contributed by atoms with van der Waals surface area (Å²) in [6.45, 7) is 5.54. The lowest BCUT2D eigenvalue weighted by Gasteiger charge is -2.24. The third-order valence-electron chi connectivity index (χ3n) is 4.26. The molecule has 1 heteroatoms. The summed E-state index contributed by atoms with van der Waals surface area (Å²) in [5, 5.41) is 3.75. The highest BCUT2D eigenvalue weighted by Crippen LogP contribution is 2.23. The van der Waals surface area contributed by atoms with Crippen LogP contribution < -0.4 is 5.32 Å². The fraction of sp³-hybridized carbons (Fsp3) is 0.579. The summed E-state index contributed by atoms with van der Waals surface area (Å²) in [6, 6.07) is 9.60. The number of aryl methyl sites for hydroxylation is 2. The highest BCUT2D eigenvalue weighted by Gasteiger charge is 2.15. The van der Waals surface area contributed by atoms with Crippen molar-refractivity contribution in [2.75, 3.05) is 6.54 Å². The van der Waals surface area contributed by atoms with Crippen molar-refractivity contribution in [3.8, 4) is 0 Å². The molecule has 1 nitrogen and oxygen atoms in total. The van der Waals surface area contributed by atoms with Gasteiger partial charge in [-0.1, -0.05) is 48.4 Å². The Morgan fingerprint density at radius 1 is 1.15 bits per heavy atom. The zero-order chi connectivity index (χ0) is 14.2. The highest BCUT2D eigenvalue weighted by molar-refractivity contribution is 5.22. The van der Waals surface area contributed by atoms with Gasteiger partial charge in [-0.3, -0.25) is 0 Å². The molecule has 1 atom stereocenters. The van der Waals surface area contributed by atoms with Gasteiger partial charge in [0.1, 0.15) is 0 Å². The number of allylic oxidation sites excluding steroid dienone is 1. The smallest absolute Gasteiger partial charge is 0.0282 e. The van der Waals surface area contributed by atoms with Gasteiger partial charge in [-0.2, -0.15) is 0 Å². The average molecular weight is 271 g/mol. The second-order valence-electron chi connectivity index (χ2n) is 6.06. The average Bonchev–Trinajstić information content (AvgIpc) is 2.50. The van der Waals surface area contributed by atoms with Crippen molar-refractivity contribution in [2.45, 2.75) is 64.8 Å². The molecule has 0 aromatic heterocycles. The predicted octanol–water partition coefficient (Wildman–Crippen LogP) is 4.80. The lowest BCUT2D eigenvalue weighted by Crippen LogP contribution is -2.32. The van der Waals surface area contributed by atoms with E-state index in [0.29, 0.717) is 6.04 Å². The zero-order valence-corrected chi connectivity index (χ0v) is 13.1. The topological polar surface area (TPSA) is 12.0 Å². The maximum Gasteiger partial charge on any atom is 0.0282 e. The third kappa shape index (κ3) is 4.79. The Morgan fingerprint density at radius 2 is 1.95 bits per heavy atom. The lowest BCUT2D eigenvalue weighted by atomic mass is 9.90. The zero-order valence-electron chi connectivity index (χ0n) is 13.1. The van der Waals surface area contributed by atoms with Gasteiger partial charge in [0.2, 0.25) is 0 Å². The quantitative estimate of drug-likeness (QED) is 0.703. The molecule has 0 spiro atoms. The number of nitrogens with one attached hydrogen (secondary N) is 1.